The molecule has 0 radical (unpaired) electrons. The van der Waals surface area contributed by atoms with Crippen LogP contribution in [-0.2, 0) is 20.7 Å². The number of rotatable bonds is 6. The molecule has 3 rings (SSSR count). The summed E-state index contributed by atoms with van der Waals surface area (Å²) in [6.45, 7) is 5.45. The summed E-state index contributed by atoms with van der Waals surface area (Å²) in [7, 11) is 0. The van der Waals surface area contributed by atoms with Crippen LogP contribution >= 0.6 is 0 Å². The zero-order valence-electron chi connectivity index (χ0n) is 16.5. The molecule has 0 saturated carbocycles. The van der Waals surface area contributed by atoms with Crippen LogP contribution in [0.15, 0.2) is 73.3 Å². The van der Waals surface area contributed by atoms with Gasteiger partial charge in [-0.05, 0) is 43.4 Å². The van der Waals surface area contributed by atoms with Gasteiger partial charge in [-0.1, -0.05) is 61.2 Å². The highest BCUT2D eigenvalue weighted by atomic mass is 16.5. The van der Waals surface area contributed by atoms with E-state index in [1.165, 1.54) is 11.0 Å². The van der Waals surface area contributed by atoms with E-state index in [4.69, 9.17) is 4.74 Å². The van der Waals surface area contributed by atoms with Gasteiger partial charge in [0.15, 0.2) is 0 Å². The molecule has 2 unspecified atom stereocenters. The molecule has 1 aliphatic heterocycles. The van der Waals surface area contributed by atoms with Gasteiger partial charge in [-0.2, -0.15) is 0 Å². The van der Waals surface area contributed by atoms with E-state index < -0.39 is 23.2 Å². The van der Waals surface area contributed by atoms with Gasteiger partial charge in [-0.15, -0.1) is 0 Å². The van der Waals surface area contributed by atoms with E-state index in [-0.39, 0.29) is 19.1 Å². The Hall–Kier alpha value is -3.21. The topological polar surface area (TPSA) is 63.7 Å². The third kappa shape index (κ3) is 4.14. The molecule has 0 aromatic heterocycles. The lowest BCUT2D eigenvalue weighted by Gasteiger charge is -2.42. The van der Waals surface area contributed by atoms with Crippen LogP contribution in [0.3, 0.4) is 0 Å². The number of esters is 1. The first kappa shape index (κ1) is 20.5. The van der Waals surface area contributed by atoms with Crippen LogP contribution in [0.2, 0.25) is 0 Å². The maximum absolute atomic E-state index is 13.4. The van der Waals surface area contributed by atoms with Crippen LogP contribution in [0.25, 0.3) is 0 Å². The maximum atomic E-state index is 13.4. The molecule has 150 valence electrons. The molecule has 0 spiro atoms. The van der Waals surface area contributed by atoms with Gasteiger partial charge in [0.1, 0.15) is 12.0 Å². The monoisotopic (exact) mass is 391 g/mol. The largest absolute Gasteiger partial charge is 0.461 e. The van der Waals surface area contributed by atoms with Gasteiger partial charge >= 0.3 is 5.97 Å². The number of piperidine rings is 1. The van der Waals surface area contributed by atoms with E-state index in [0.29, 0.717) is 18.4 Å². The highest BCUT2D eigenvalue weighted by Crippen LogP contribution is 2.40. The molecular weight excluding hydrogens is 366 g/mol. The van der Waals surface area contributed by atoms with Crippen molar-refractivity contribution in [2.75, 3.05) is 13.2 Å². The van der Waals surface area contributed by atoms with Gasteiger partial charge in [-0.3, -0.25) is 19.3 Å². The zero-order chi connectivity index (χ0) is 20.9. The Morgan fingerprint density at radius 1 is 1.14 bits per heavy atom. The molecule has 1 saturated heterocycles. The summed E-state index contributed by atoms with van der Waals surface area (Å²) >= 11 is 0. The fraction of sp³-hybridized carbons (Fsp3) is 0.292. The smallest absolute Gasteiger partial charge is 0.321 e. The first-order chi connectivity index (χ1) is 14.0. The lowest BCUT2D eigenvalue weighted by molar-refractivity contribution is -0.169. The van der Waals surface area contributed by atoms with E-state index in [2.05, 4.69) is 6.58 Å². The Morgan fingerprint density at radius 3 is 2.38 bits per heavy atom. The molecule has 2 atom stereocenters. The predicted molar refractivity (Wildman–Crippen MR) is 110 cm³/mol. The number of imide groups is 1. The van der Waals surface area contributed by atoms with Crippen molar-refractivity contribution in [3.8, 4) is 0 Å². The molecule has 29 heavy (non-hydrogen) atoms. The molecule has 0 aliphatic carbocycles. The van der Waals surface area contributed by atoms with E-state index in [1.807, 2.05) is 36.4 Å². The molecule has 5 nitrogen and oxygen atoms in total. The lowest BCUT2D eigenvalue weighted by Crippen LogP contribution is -2.58. The van der Waals surface area contributed by atoms with Crippen molar-refractivity contribution in [1.82, 2.24) is 4.90 Å². The number of amides is 2. The van der Waals surface area contributed by atoms with E-state index >= 15 is 0 Å². The number of nitrogens with zero attached hydrogens (tertiary/aromatic N) is 1. The van der Waals surface area contributed by atoms with Crippen LogP contribution in [0.4, 0.5) is 0 Å². The highest BCUT2D eigenvalue weighted by Gasteiger charge is 2.55. The summed E-state index contributed by atoms with van der Waals surface area (Å²) in [6.07, 6.45) is 2.55. The van der Waals surface area contributed by atoms with Gasteiger partial charge in [0.05, 0.1) is 0 Å². The van der Waals surface area contributed by atoms with Crippen molar-refractivity contribution in [1.29, 1.82) is 0 Å². The molecule has 0 N–H and O–H groups in total. The van der Waals surface area contributed by atoms with Gasteiger partial charge in [-0.25, -0.2) is 0 Å². The minimum atomic E-state index is -1.44. The molecule has 1 fully saturated rings. The number of ether oxygens (including phenoxy) is 1. The van der Waals surface area contributed by atoms with Crippen molar-refractivity contribution in [3.63, 3.8) is 0 Å². The van der Waals surface area contributed by atoms with Crippen molar-refractivity contribution >= 4 is 17.8 Å². The molecule has 2 amide bonds. The molecule has 2 aromatic rings. The van der Waals surface area contributed by atoms with Crippen molar-refractivity contribution < 1.29 is 19.1 Å². The van der Waals surface area contributed by atoms with Crippen LogP contribution in [0, 0.1) is 11.3 Å². The Balaban J connectivity index is 1.92. The van der Waals surface area contributed by atoms with Crippen molar-refractivity contribution in [3.05, 3.63) is 84.4 Å². The maximum Gasteiger partial charge on any atom is 0.321 e. The number of hydrogen-bond donors (Lipinski definition) is 0. The van der Waals surface area contributed by atoms with E-state index in [9.17, 15) is 14.4 Å². The molecule has 1 aliphatic rings. The molecule has 2 aromatic carbocycles. The second kappa shape index (κ2) is 8.86. The number of hydrogen-bond acceptors (Lipinski definition) is 4. The highest BCUT2D eigenvalue weighted by molar-refractivity contribution is 6.12. The van der Waals surface area contributed by atoms with Gasteiger partial charge < -0.3 is 4.74 Å². The van der Waals surface area contributed by atoms with Crippen LogP contribution in [0.1, 0.15) is 29.3 Å². The summed E-state index contributed by atoms with van der Waals surface area (Å²) in [5.41, 5.74) is 0.0155. The second-order valence-corrected chi connectivity index (χ2v) is 7.39. The molecule has 0 bridgehead atoms. The Kier molecular flexibility index (Phi) is 6.27. The summed E-state index contributed by atoms with van der Waals surface area (Å²) in [5.74, 6) is -1.78. The quantitative estimate of drug-likeness (QED) is 0.326. The minimum Gasteiger partial charge on any atom is -0.461 e. The summed E-state index contributed by atoms with van der Waals surface area (Å²) in [5, 5.41) is 0. The summed E-state index contributed by atoms with van der Waals surface area (Å²) in [4.78, 5) is 40.5. The number of likely N-dealkylation sites (tertiary alicyclic amines) is 1. The zero-order valence-corrected chi connectivity index (χ0v) is 16.5. The van der Waals surface area contributed by atoms with Gasteiger partial charge in [0.25, 0.3) is 5.91 Å². The number of benzene rings is 2. The van der Waals surface area contributed by atoms with Crippen molar-refractivity contribution in [2.45, 2.75) is 19.8 Å². The molecule has 5 heteroatoms. The minimum absolute atomic E-state index is 0.0202. The van der Waals surface area contributed by atoms with Gasteiger partial charge in [0.2, 0.25) is 5.91 Å². The number of carbonyl (C=O) groups is 3. The average Bonchev–Trinajstić information content (AvgIpc) is 2.76. The first-order valence-electron chi connectivity index (χ1n) is 9.72. The standard InChI is InChI=1S/C24H25NO4/c1-3-16-29-23(28)24(2)20(17-18-10-6-4-7-11-18)14-15-25(22(24)27)21(26)19-12-8-5-9-13-19/h3-13,20H,1,14-17H2,2H3. The first-order valence-corrected chi connectivity index (χ1v) is 9.72. The average molecular weight is 391 g/mol. The third-order valence-corrected chi connectivity index (χ3v) is 5.55. The van der Waals surface area contributed by atoms with Crippen LogP contribution in [-0.4, -0.2) is 35.8 Å². The Morgan fingerprint density at radius 2 is 1.76 bits per heavy atom. The van der Waals surface area contributed by atoms with Gasteiger partial charge in [0, 0.05) is 12.1 Å². The molecular formula is C24H25NO4. The summed E-state index contributed by atoms with van der Waals surface area (Å²) in [6, 6.07) is 18.4. The summed E-state index contributed by atoms with van der Waals surface area (Å²) < 4.78 is 5.29. The van der Waals surface area contributed by atoms with Crippen LogP contribution in [0.5, 0.6) is 0 Å². The third-order valence-electron chi connectivity index (χ3n) is 5.55. The SMILES string of the molecule is C=CCOC(=O)C1(C)C(=O)N(C(=O)c2ccccc2)CCC1Cc1ccccc1. The fourth-order valence-electron chi connectivity index (χ4n) is 3.80. The van der Waals surface area contributed by atoms with Crippen LogP contribution < -0.4 is 0 Å². The predicted octanol–water partition coefficient (Wildman–Crippen LogP) is 3.65. The van der Waals surface area contributed by atoms with E-state index in [0.717, 1.165) is 5.56 Å². The molecule has 1 heterocycles. The van der Waals surface area contributed by atoms with E-state index in [1.54, 1.807) is 31.2 Å². The lowest BCUT2D eigenvalue weighted by atomic mass is 9.69. The van der Waals surface area contributed by atoms with Crippen molar-refractivity contribution in [2.24, 2.45) is 11.3 Å². The normalized spacial score (nSPS) is 21.5. The second-order valence-electron chi connectivity index (χ2n) is 7.39. The number of carbonyl (C=O) groups excluding carboxylic acids is 3. The fourth-order valence-corrected chi connectivity index (χ4v) is 3.80. The Bertz CT molecular complexity index is 894. The Labute approximate surface area is 171 Å².